The third-order valence-corrected chi connectivity index (χ3v) is 4.77. The van der Waals surface area contributed by atoms with Crippen molar-refractivity contribution < 1.29 is 4.39 Å². The van der Waals surface area contributed by atoms with E-state index in [0.29, 0.717) is 24.1 Å². The number of hydrogen-bond acceptors (Lipinski definition) is 2. The van der Waals surface area contributed by atoms with Crippen LogP contribution in [0.2, 0.25) is 0 Å². The highest BCUT2D eigenvalue weighted by Crippen LogP contribution is 2.23. The average Bonchev–Trinajstić information content (AvgIpc) is 3.17. The van der Waals surface area contributed by atoms with Crippen LogP contribution in [0.25, 0.3) is 11.1 Å². The lowest BCUT2D eigenvalue weighted by atomic mass is 10.0. The van der Waals surface area contributed by atoms with Gasteiger partial charge in [-0.05, 0) is 40.5 Å². The Kier molecular flexibility index (Phi) is 4.99. The molecule has 0 saturated heterocycles. The molecule has 28 heavy (non-hydrogen) atoms. The summed E-state index contributed by atoms with van der Waals surface area (Å²) in [4.78, 5) is 4.23. The van der Waals surface area contributed by atoms with Gasteiger partial charge in [0, 0.05) is 24.9 Å². The number of benzene rings is 3. The first-order valence-corrected chi connectivity index (χ1v) is 9.05. The maximum absolute atomic E-state index is 14.7. The van der Waals surface area contributed by atoms with Crippen molar-refractivity contribution >= 4 is 0 Å². The Morgan fingerprint density at radius 2 is 1.71 bits per heavy atom. The van der Waals surface area contributed by atoms with Crippen molar-refractivity contribution in [3.05, 3.63) is 114 Å². The zero-order valence-corrected chi connectivity index (χ0v) is 15.2. The number of halogens is 1. The minimum Gasteiger partial charge on any atom is -0.330 e. The fraction of sp³-hybridized carbons (Fsp3) is 0.0833. The van der Waals surface area contributed by atoms with Gasteiger partial charge in [0.25, 0.3) is 0 Å². The summed E-state index contributed by atoms with van der Waals surface area (Å²) in [6, 6.07) is 24.7. The summed E-state index contributed by atoms with van der Waals surface area (Å²) >= 11 is 0. The van der Waals surface area contributed by atoms with Crippen LogP contribution in [0.5, 0.6) is 0 Å². The lowest BCUT2D eigenvalue weighted by Crippen LogP contribution is -2.05. The molecule has 4 rings (SSSR count). The van der Waals surface area contributed by atoms with Crippen LogP contribution in [0.1, 0.15) is 22.4 Å². The van der Waals surface area contributed by atoms with Crippen LogP contribution in [-0.4, -0.2) is 9.55 Å². The second-order valence-electron chi connectivity index (χ2n) is 6.67. The first-order chi connectivity index (χ1) is 13.7. The van der Waals surface area contributed by atoms with E-state index in [0.717, 1.165) is 22.4 Å². The van der Waals surface area contributed by atoms with Crippen LogP contribution in [0.4, 0.5) is 4.39 Å². The van der Waals surface area contributed by atoms with Crippen molar-refractivity contribution in [1.82, 2.24) is 9.55 Å². The normalized spacial score (nSPS) is 10.6. The molecule has 1 aromatic heterocycles. The number of hydrogen-bond donors (Lipinski definition) is 0. The van der Waals surface area contributed by atoms with Crippen LogP contribution in [-0.2, 0) is 13.0 Å². The molecule has 0 spiro atoms. The number of nitrogens with zero attached hydrogens (tertiary/aromatic N) is 3. The molecule has 0 radical (unpaired) electrons. The molecule has 1 heterocycles. The van der Waals surface area contributed by atoms with Crippen molar-refractivity contribution in [1.29, 1.82) is 5.26 Å². The lowest BCUT2D eigenvalue weighted by molar-refractivity contribution is 0.611. The van der Waals surface area contributed by atoms with Gasteiger partial charge in [0.15, 0.2) is 0 Å². The molecule has 0 aliphatic carbocycles. The summed E-state index contributed by atoms with van der Waals surface area (Å²) in [5.41, 5.74) is 5.15. The molecule has 4 heteroatoms. The lowest BCUT2D eigenvalue weighted by Gasteiger charge is -2.10. The molecule has 3 aromatic carbocycles. The second-order valence-corrected chi connectivity index (χ2v) is 6.67. The van der Waals surface area contributed by atoms with Crippen LogP contribution >= 0.6 is 0 Å². The molecule has 0 atom stereocenters. The fourth-order valence-electron chi connectivity index (χ4n) is 3.22. The molecule has 0 aliphatic rings. The van der Waals surface area contributed by atoms with Crippen LogP contribution in [0, 0.1) is 17.1 Å². The minimum atomic E-state index is -0.215. The third kappa shape index (κ3) is 3.84. The number of aromatic nitrogens is 2. The van der Waals surface area contributed by atoms with Gasteiger partial charge in [-0.3, -0.25) is 0 Å². The summed E-state index contributed by atoms with van der Waals surface area (Å²) in [5, 5.41) is 8.91. The van der Waals surface area contributed by atoms with Gasteiger partial charge < -0.3 is 4.57 Å². The molecule has 0 N–H and O–H groups in total. The molecule has 3 nitrogen and oxygen atoms in total. The van der Waals surface area contributed by atoms with E-state index < -0.39 is 0 Å². The van der Waals surface area contributed by atoms with Crippen LogP contribution in [0.3, 0.4) is 0 Å². The Morgan fingerprint density at radius 3 is 2.43 bits per heavy atom. The number of rotatable bonds is 5. The molecule has 136 valence electrons. The highest BCUT2D eigenvalue weighted by Gasteiger charge is 2.10. The largest absolute Gasteiger partial charge is 0.330 e. The van der Waals surface area contributed by atoms with Gasteiger partial charge in [-0.25, -0.2) is 9.37 Å². The van der Waals surface area contributed by atoms with Crippen molar-refractivity contribution in [3.8, 4) is 17.2 Å². The molecular formula is C24H18FN3. The molecule has 0 fully saturated rings. The van der Waals surface area contributed by atoms with E-state index >= 15 is 0 Å². The Morgan fingerprint density at radius 1 is 0.929 bits per heavy atom. The molecule has 0 aliphatic heterocycles. The zero-order valence-electron chi connectivity index (χ0n) is 15.2. The predicted molar refractivity (Wildman–Crippen MR) is 107 cm³/mol. The van der Waals surface area contributed by atoms with Gasteiger partial charge in [-0.2, -0.15) is 5.26 Å². The van der Waals surface area contributed by atoms with Gasteiger partial charge in [-0.1, -0.05) is 54.6 Å². The average molecular weight is 367 g/mol. The maximum Gasteiger partial charge on any atom is 0.127 e. The predicted octanol–water partition coefficient (Wildman–Crippen LogP) is 5.20. The van der Waals surface area contributed by atoms with Crippen molar-refractivity contribution in [2.24, 2.45) is 0 Å². The van der Waals surface area contributed by atoms with Crippen molar-refractivity contribution in [3.63, 3.8) is 0 Å². The summed E-state index contributed by atoms with van der Waals surface area (Å²) in [6.45, 7) is 0.630. The second kappa shape index (κ2) is 7.89. The Bertz CT molecular complexity index is 1120. The van der Waals surface area contributed by atoms with Crippen molar-refractivity contribution in [2.45, 2.75) is 13.0 Å². The smallest absolute Gasteiger partial charge is 0.127 e. The van der Waals surface area contributed by atoms with Crippen LogP contribution < -0.4 is 0 Å². The Labute approximate surface area is 163 Å². The quantitative estimate of drug-likeness (QED) is 0.486. The van der Waals surface area contributed by atoms with E-state index in [2.05, 4.69) is 11.1 Å². The maximum atomic E-state index is 14.7. The van der Waals surface area contributed by atoms with Crippen LogP contribution in [0.15, 0.2) is 85.3 Å². The number of nitriles is 1. The molecule has 0 unspecified atom stereocenters. The third-order valence-electron chi connectivity index (χ3n) is 4.77. The molecule has 0 saturated carbocycles. The first-order valence-electron chi connectivity index (χ1n) is 9.05. The molecular weight excluding hydrogens is 349 g/mol. The topological polar surface area (TPSA) is 41.6 Å². The first kappa shape index (κ1) is 17.7. The summed E-state index contributed by atoms with van der Waals surface area (Å²) < 4.78 is 16.7. The summed E-state index contributed by atoms with van der Waals surface area (Å²) in [6.07, 6.45) is 4.00. The highest BCUT2D eigenvalue weighted by molar-refractivity contribution is 5.63. The number of imidazole rings is 1. The minimum absolute atomic E-state index is 0.215. The summed E-state index contributed by atoms with van der Waals surface area (Å²) in [5.74, 6) is -0.215. The van der Waals surface area contributed by atoms with Gasteiger partial charge in [0.1, 0.15) is 5.82 Å². The van der Waals surface area contributed by atoms with Gasteiger partial charge >= 0.3 is 0 Å². The monoisotopic (exact) mass is 367 g/mol. The van der Waals surface area contributed by atoms with Gasteiger partial charge in [-0.15, -0.1) is 0 Å². The van der Waals surface area contributed by atoms with E-state index in [1.54, 1.807) is 30.7 Å². The SMILES string of the molecule is N#Cc1ccc(Cn2cncc2Cc2ccc(-c3ccccc3)cc2F)cc1. The molecule has 4 aromatic rings. The Hall–Kier alpha value is -3.71. The molecule has 0 bridgehead atoms. The highest BCUT2D eigenvalue weighted by atomic mass is 19.1. The standard InChI is InChI=1S/C24H18FN3/c25-24-13-21(20-4-2-1-3-5-20)10-11-22(24)12-23-15-27-17-28(23)16-19-8-6-18(14-26)7-9-19/h1-11,13,15,17H,12,16H2. The van der Waals surface area contributed by atoms with E-state index in [-0.39, 0.29) is 5.82 Å². The van der Waals surface area contributed by atoms with Gasteiger partial charge in [0.05, 0.1) is 18.0 Å². The van der Waals surface area contributed by atoms with Gasteiger partial charge in [0.2, 0.25) is 0 Å². The molecule has 0 amide bonds. The van der Waals surface area contributed by atoms with E-state index in [9.17, 15) is 4.39 Å². The zero-order chi connectivity index (χ0) is 19.3. The van der Waals surface area contributed by atoms with E-state index in [4.69, 9.17) is 5.26 Å². The van der Waals surface area contributed by atoms with E-state index in [1.165, 1.54) is 0 Å². The van der Waals surface area contributed by atoms with E-state index in [1.807, 2.05) is 59.2 Å². The fourth-order valence-corrected chi connectivity index (χ4v) is 3.22. The summed E-state index contributed by atoms with van der Waals surface area (Å²) in [7, 11) is 0. The van der Waals surface area contributed by atoms with Crippen molar-refractivity contribution in [2.75, 3.05) is 0 Å². The Balaban J connectivity index is 1.54.